The molecule has 0 saturated carbocycles. The van der Waals surface area contributed by atoms with Gasteiger partial charge in [-0.2, -0.15) is 18.2 Å². The summed E-state index contributed by atoms with van der Waals surface area (Å²) < 4.78 is 41.4. The first kappa shape index (κ1) is 16.9. The van der Waals surface area contributed by atoms with Crippen LogP contribution in [0.4, 0.5) is 13.2 Å². The van der Waals surface area contributed by atoms with Crippen LogP contribution in [0.2, 0.25) is 0 Å². The molecule has 0 aliphatic heterocycles. The number of aromatic nitrogens is 2. The van der Waals surface area contributed by atoms with E-state index in [1.165, 1.54) is 24.0 Å². The van der Waals surface area contributed by atoms with Crippen LogP contribution in [0.15, 0.2) is 28.8 Å². The second-order valence-corrected chi connectivity index (χ2v) is 4.78. The number of carbonyl (C=O) groups excluding carboxylic acids is 1. The quantitative estimate of drug-likeness (QED) is 0.909. The van der Waals surface area contributed by atoms with Crippen LogP contribution >= 0.6 is 0 Å². The molecule has 1 N–H and O–H groups in total. The first-order valence-electron chi connectivity index (χ1n) is 6.68. The summed E-state index contributed by atoms with van der Waals surface area (Å²) in [5, 5.41) is 12.2. The highest BCUT2D eigenvalue weighted by atomic mass is 19.4. The van der Waals surface area contributed by atoms with E-state index in [0.717, 1.165) is 5.56 Å². The molecule has 0 fully saturated rings. The molecule has 0 spiro atoms. The Bertz CT molecular complexity index is 668. The summed E-state index contributed by atoms with van der Waals surface area (Å²) >= 11 is 0. The minimum absolute atomic E-state index is 0.152. The number of hydrogen-bond acceptors (Lipinski definition) is 5. The summed E-state index contributed by atoms with van der Waals surface area (Å²) in [7, 11) is 0. The van der Waals surface area contributed by atoms with Crippen molar-refractivity contribution in [3.63, 3.8) is 0 Å². The number of benzene rings is 1. The molecule has 2 rings (SSSR count). The van der Waals surface area contributed by atoms with E-state index in [-0.39, 0.29) is 31.4 Å². The fraction of sp³-hybridized carbons (Fsp3) is 0.357. The summed E-state index contributed by atoms with van der Waals surface area (Å²) in [5.41, 5.74) is 1.13. The van der Waals surface area contributed by atoms with Gasteiger partial charge in [-0.25, -0.2) is 0 Å². The molecule has 2 aromatic rings. The van der Waals surface area contributed by atoms with Crippen molar-refractivity contribution in [3.8, 4) is 11.4 Å². The molecule has 0 aliphatic carbocycles. The second kappa shape index (κ2) is 6.78. The predicted octanol–water partition coefficient (Wildman–Crippen LogP) is 2.10. The lowest BCUT2D eigenvalue weighted by Gasteiger charge is -2.19. The van der Waals surface area contributed by atoms with Crippen LogP contribution < -0.4 is 0 Å². The number of amides is 1. The summed E-state index contributed by atoms with van der Waals surface area (Å²) in [6.07, 6.45) is -4.68. The van der Waals surface area contributed by atoms with Gasteiger partial charge in [0.05, 0.1) is 6.61 Å². The molecule has 124 valence electrons. The second-order valence-electron chi connectivity index (χ2n) is 4.78. The van der Waals surface area contributed by atoms with Gasteiger partial charge in [-0.15, -0.1) is 0 Å². The molecule has 0 bridgehead atoms. The highest BCUT2D eigenvalue weighted by molar-refractivity contribution is 5.73. The minimum Gasteiger partial charge on any atom is -0.395 e. The minimum atomic E-state index is -4.68. The number of rotatable bonds is 5. The van der Waals surface area contributed by atoms with Gasteiger partial charge in [0.25, 0.3) is 0 Å². The number of carbonyl (C=O) groups is 1. The van der Waals surface area contributed by atoms with Crippen molar-refractivity contribution in [3.05, 3.63) is 35.7 Å². The van der Waals surface area contributed by atoms with Gasteiger partial charge in [0.15, 0.2) is 0 Å². The van der Waals surface area contributed by atoms with Gasteiger partial charge < -0.3 is 14.5 Å². The zero-order valence-electron chi connectivity index (χ0n) is 12.2. The number of hydrogen-bond donors (Lipinski definition) is 1. The smallest absolute Gasteiger partial charge is 0.395 e. The monoisotopic (exact) mass is 329 g/mol. The normalized spacial score (nSPS) is 11.5. The number of nitrogens with zero attached hydrogens (tertiary/aromatic N) is 3. The van der Waals surface area contributed by atoms with Crippen LogP contribution in [0, 0.1) is 0 Å². The predicted molar refractivity (Wildman–Crippen MR) is 72.9 cm³/mol. The summed E-state index contributed by atoms with van der Waals surface area (Å²) in [5.74, 6) is -1.75. The molecule has 1 heterocycles. The van der Waals surface area contributed by atoms with Gasteiger partial charge in [-0.3, -0.25) is 4.79 Å². The van der Waals surface area contributed by atoms with Gasteiger partial charge in [0.1, 0.15) is 0 Å². The third kappa shape index (κ3) is 4.28. The Morgan fingerprint density at radius 2 is 1.96 bits per heavy atom. The summed E-state index contributed by atoms with van der Waals surface area (Å²) in [6.45, 7) is 1.73. The van der Waals surface area contributed by atoms with Crippen molar-refractivity contribution < 1.29 is 27.6 Å². The molecular weight excluding hydrogens is 315 g/mol. The van der Waals surface area contributed by atoms with Crippen molar-refractivity contribution >= 4 is 5.91 Å². The Morgan fingerprint density at radius 1 is 1.30 bits per heavy atom. The van der Waals surface area contributed by atoms with Crippen LogP contribution in [0.3, 0.4) is 0 Å². The molecule has 1 aromatic heterocycles. The lowest BCUT2D eigenvalue weighted by molar-refractivity contribution is -0.159. The molecular formula is C14H14F3N3O3. The van der Waals surface area contributed by atoms with Gasteiger partial charge >= 0.3 is 12.1 Å². The highest BCUT2D eigenvalue weighted by Gasteiger charge is 2.38. The molecule has 0 aliphatic rings. The van der Waals surface area contributed by atoms with E-state index in [2.05, 4.69) is 14.7 Å². The van der Waals surface area contributed by atoms with E-state index in [9.17, 15) is 18.0 Å². The Morgan fingerprint density at radius 3 is 2.43 bits per heavy atom. The van der Waals surface area contributed by atoms with E-state index in [1.807, 2.05) is 0 Å². The largest absolute Gasteiger partial charge is 0.471 e. The van der Waals surface area contributed by atoms with Crippen molar-refractivity contribution in [1.82, 2.24) is 15.0 Å². The zero-order chi connectivity index (χ0) is 17.0. The number of alkyl halides is 3. The molecule has 0 saturated heterocycles. The third-order valence-electron chi connectivity index (χ3n) is 3.07. The van der Waals surface area contributed by atoms with E-state index in [1.54, 1.807) is 12.1 Å². The summed E-state index contributed by atoms with van der Waals surface area (Å²) in [4.78, 5) is 16.1. The number of halogens is 3. The first-order valence-corrected chi connectivity index (χ1v) is 6.68. The SMILES string of the molecule is CC(=O)N(CCO)Cc1ccc(-c2noc(C(F)(F)F)n2)cc1. The average molecular weight is 329 g/mol. The lowest BCUT2D eigenvalue weighted by atomic mass is 10.1. The fourth-order valence-electron chi connectivity index (χ4n) is 1.90. The maximum absolute atomic E-state index is 12.4. The summed E-state index contributed by atoms with van der Waals surface area (Å²) in [6, 6.07) is 6.37. The first-order chi connectivity index (χ1) is 10.8. The fourth-order valence-corrected chi connectivity index (χ4v) is 1.90. The van der Waals surface area contributed by atoms with Crippen LogP contribution in [0.1, 0.15) is 18.4 Å². The number of aliphatic hydroxyl groups is 1. The maximum atomic E-state index is 12.4. The Hall–Kier alpha value is -2.42. The van der Waals surface area contributed by atoms with Crippen molar-refractivity contribution in [2.45, 2.75) is 19.6 Å². The van der Waals surface area contributed by atoms with E-state index < -0.39 is 12.1 Å². The Kier molecular flexibility index (Phi) is 4.99. The molecule has 1 aromatic carbocycles. The lowest BCUT2D eigenvalue weighted by Crippen LogP contribution is -2.30. The maximum Gasteiger partial charge on any atom is 0.471 e. The molecule has 6 nitrogen and oxygen atoms in total. The highest BCUT2D eigenvalue weighted by Crippen LogP contribution is 2.29. The number of aliphatic hydroxyl groups excluding tert-OH is 1. The Labute approximate surface area is 129 Å². The van der Waals surface area contributed by atoms with Crippen LogP contribution in [-0.2, 0) is 17.5 Å². The van der Waals surface area contributed by atoms with E-state index in [4.69, 9.17) is 5.11 Å². The van der Waals surface area contributed by atoms with Crippen molar-refractivity contribution in [1.29, 1.82) is 0 Å². The third-order valence-corrected chi connectivity index (χ3v) is 3.07. The van der Waals surface area contributed by atoms with Gasteiger partial charge in [-0.05, 0) is 5.56 Å². The molecule has 0 atom stereocenters. The molecule has 1 amide bonds. The van der Waals surface area contributed by atoms with E-state index >= 15 is 0 Å². The van der Waals surface area contributed by atoms with Crippen molar-refractivity contribution in [2.75, 3.05) is 13.2 Å². The van der Waals surface area contributed by atoms with E-state index in [0.29, 0.717) is 5.56 Å². The van der Waals surface area contributed by atoms with Gasteiger partial charge in [0, 0.05) is 25.6 Å². The molecule has 9 heteroatoms. The van der Waals surface area contributed by atoms with Gasteiger partial charge in [0.2, 0.25) is 11.7 Å². The topological polar surface area (TPSA) is 79.5 Å². The average Bonchev–Trinajstić information content (AvgIpc) is 2.97. The zero-order valence-corrected chi connectivity index (χ0v) is 12.2. The molecule has 23 heavy (non-hydrogen) atoms. The standard InChI is InChI=1S/C14H14F3N3O3/c1-9(22)20(6-7-21)8-10-2-4-11(5-3-10)12-18-13(23-19-12)14(15,16)17/h2-5,21H,6-8H2,1H3. The van der Waals surface area contributed by atoms with Crippen molar-refractivity contribution in [2.24, 2.45) is 0 Å². The van der Waals surface area contributed by atoms with Crippen LogP contribution in [0.5, 0.6) is 0 Å². The molecule has 0 unspecified atom stereocenters. The van der Waals surface area contributed by atoms with Crippen LogP contribution in [-0.4, -0.2) is 39.2 Å². The molecule has 0 radical (unpaired) electrons. The van der Waals surface area contributed by atoms with Gasteiger partial charge in [-0.1, -0.05) is 29.4 Å². The van der Waals surface area contributed by atoms with Crippen LogP contribution in [0.25, 0.3) is 11.4 Å². The Balaban J connectivity index is 2.13.